The van der Waals surface area contributed by atoms with E-state index in [0.717, 1.165) is 16.3 Å². The van der Waals surface area contributed by atoms with Gasteiger partial charge in [-0.05, 0) is 32.4 Å². The van der Waals surface area contributed by atoms with Crippen molar-refractivity contribution in [3.05, 3.63) is 56.9 Å². The predicted molar refractivity (Wildman–Crippen MR) is 99.6 cm³/mol. The highest BCUT2D eigenvalue weighted by molar-refractivity contribution is 7.11. The van der Waals surface area contributed by atoms with Crippen molar-refractivity contribution in [2.24, 2.45) is 0 Å². The summed E-state index contributed by atoms with van der Waals surface area (Å²) in [6.07, 6.45) is 3.98. The highest BCUT2D eigenvalue weighted by atomic mass is 32.1. The van der Waals surface area contributed by atoms with E-state index in [9.17, 15) is 9.59 Å². The molecule has 1 atom stereocenters. The van der Waals surface area contributed by atoms with E-state index < -0.39 is 6.04 Å². The van der Waals surface area contributed by atoms with Crippen LogP contribution in [0, 0.1) is 13.8 Å². The third-order valence-electron chi connectivity index (χ3n) is 4.23. The van der Waals surface area contributed by atoms with E-state index in [2.05, 4.69) is 25.9 Å². The minimum Gasteiger partial charge on any atom is -0.352 e. The Balaban J connectivity index is 1.72. The van der Waals surface area contributed by atoms with Gasteiger partial charge in [-0.3, -0.25) is 9.78 Å². The number of allylic oxidation sites excluding steroid dienone is 1. The molecule has 2 aromatic heterocycles. The maximum atomic E-state index is 12.8. The Bertz CT molecular complexity index is 840. The third-order valence-corrected chi connectivity index (χ3v) is 5.36. The van der Waals surface area contributed by atoms with Gasteiger partial charge in [0.25, 0.3) is 5.91 Å². The molecule has 0 bridgehead atoms. The maximum Gasteiger partial charge on any atom is 0.319 e. The SMILES string of the molecule is CC1=C(C(=O)NCCc2nc(C)c(C)s2)[C@@H](c2cccnc2)NC(=O)N1. The number of aromatic nitrogens is 2. The van der Waals surface area contributed by atoms with Crippen molar-refractivity contribution >= 4 is 23.3 Å². The predicted octanol–water partition coefficient (Wildman–Crippen LogP) is 2.14. The molecule has 0 aromatic carbocycles. The number of amides is 3. The van der Waals surface area contributed by atoms with E-state index in [1.54, 1.807) is 36.7 Å². The molecule has 0 unspecified atom stereocenters. The maximum absolute atomic E-state index is 12.8. The molecule has 3 rings (SSSR count). The molecule has 26 heavy (non-hydrogen) atoms. The normalized spacial score (nSPS) is 16.9. The standard InChI is InChI=1S/C18H21N5O2S/c1-10-12(3)26-14(21-10)6-8-20-17(24)15-11(2)22-18(25)23-16(15)13-5-4-7-19-9-13/h4-5,7,9,16H,6,8H2,1-3H3,(H,20,24)(H2,22,23,25)/t16-/m1/s1. The smallest absolute Gasteiger partial charge is 0.319 e. The number of aryl methyl sites for hydroxylation is 2. The van der Waals surface area contributed by atoms with Crippen LogP contribution in [0.3, 0.4) is 0 Å². The Kier molecular flexibility index (Phi) is 5.32. The number of rotatable bonds is 5. The van der Waals surface area contributed by atoms with Crippen LogP contribution in [0.2, 0.25) is 0 Å². The van der Waals surface area contributed by atoms with Crippen molar-refractivity contribution in [1.82, 2.24) is 25.9 Å². The first-order valence-electron chi connectivity index (χ1n) is 8.35. The second kappa shape index (κ2) is 7.65. The van der Waals surface area contributed by atoms with Crippen LogP contribution >= 0.6 is 11.3 Å². The van der Waals surface area contributed by atoms with Crippen molar-refractivity contribution in [1.29, 1.82) is 0 Å². The van der Waals surface area contributed by atoms with Crippen LogP contribution in [0.15, 0.2) is 35.8 Å². The van der Waals surface area contributed by atoms with Crippen LogP contribution in [0.4, 0.5) is 4.79 Å². The monoisotopic (exact) mass is 371 g/mol. The summed E-state index contributed by atoms with van der Waals surface area (Å²) in [4.78, 5) is 34.4. The van der Waals surface area contributed by atoms with Crippen LogP contribution in [-0.4, -0.2) is 28.5 Å². The molecule has 0 saturated carbocycles. The second-order valence-electron chi connectivity index (χ2n) is 6.11. The van der Waals surface area contributed by atoms with Crippen molar-refractivity contribution in [2.75, 3.05) is 6.54 Å². The van der Waals surface area contributed by atoms with E-state index >= 15 is 0 Å². The summed E-state index contributed by atoms with van der Waals surface area (Å²) in [5.41, 5.74) is 2.83. The molecular formula is C18H21N5O2S. The fraction of sp³-hybridized carbons (Fsp3) is 0.333. The molecule has 0 aliphatic carbocycles. The molecule has 136 valence electrons. The van der Waals surface area contributed by atoms with Crippen LogP contribution < -0.4 is 16.0 Å². The minimum absolute atomic E-state index is 0.214. The van der Waals surface area contributed by atoms with Gasteiger partial charge in [0.05, 0.1) is 22.3 Å². The highest BCUT2D eigenvalue weighted by Gasteiger charge is 2.31. The Morgan fingerprint density at radius 1 is 1.35 bits per heavy atom. The van der Waals surface area contributed by atoms with Crippen LogP contribution in [0.1, 0.15) is 34.1 Å². The Labute approximate surface area is 155 Å². The van der Waals surface area contributed by atoms with Gasteiger partial charge in [0.1, 0.15) is 0 Å². The molecule has 1 aliphatic rings. The number of thiazole rings is 1. The lowest BCUT2D eigenvalue weighted by Crippen LogP contribution is -2.47. The number of urea groups is 1. The first kappa shape index (κ1) is 18.1. The molecule has 1 aliphatic heterocycles. The van der Waals surface area contributed by atoms with Gasteiger partial charge in [-0.25, -0.2) is 9.78 Å². The Morgan fingerprint density at radius 3 is 2.81 bits per heavy atom. The van der Waals surface area contributed by atoms with Crippen LogP contribution in [0.5, 0.6) is 0 Å². The van der Waals surface area contributed by atoms with Gasteiger partial charge in [-0.1, -0.05) is 6.07 Å². The van der Waals surface area contributed by atoms with Gasteiger partial charge >= 0.3 is 6.03 Å². The second-order valence-corrected chi connectivity index (χ2v) is 7.40. The molecule has 0 spiro atoms. The quantitative estimate of drug-likeness (QED) is 0.750. The summed E-state index contributed by atoms with van der Waals surface area (Å²) in [6, 6.07) is 2.76. The summed E-state index contributed by atoms with van der Waals surface area (Å²) in [6.45, 7) is 6.23. The molecule has 0 radical (unpaired) electrons. The van der Waals surface area contributed by atoms with E-state index in [0.29, 0.717) is 24.2 Å². The average molecular weight is 371 g/mol. The number of hydrogen-bond donors (Lipinski definition) is 3. The molecule has 0 saturated heterocycles. The third kappa shape index (κ3) is 3.91. The van der Waals surface area contributed by atoms with Crippen molar-refractivity contribution in [3.63, 3.8) is 0 Å². The van der Waals surface area contributed by atoms with E-state index in [1.165, 1.54) is 4.88 Å². The molecule has 7 nitrogen and oxygen atoms in total. The zero-order valence-corrected chi connectivity index (χ0v) is 15.7. The number of pyridine rings is 1. The lowest BCUT2D eigenvalue weighted by atomic mass is 9.96. The summed E-state index contributed by atoms with van der Waals surface area (Å²) < 4.78 is 0. The molecule has 3 heterocycles. The highest BCUT2D eigenvalue weighted by Crippen LogP contribution is 2.26. The molecule has 3 amide bonds. The van der Waals surface area contributed by atoms with Gasteiger partial charge in [0.15, 0.2) is 0 Å². The first-order chi connectivity index (χ1) is 12.5. The summed E-state index contributed by atoms with van der Waals surface area (Å²) in [5, 5.41) is 9.40. The number of hydrogen-bond acceptors (Lipinski definition) is 5. The van der Waals surface area contributed by atoms with Gasteiger partial charge in [0, 0.05) is 35.9 Å². The van der Waals surface area contributed by atoms with E-state index in [4.69, 9.17) is 0 Å². The largest absolute Gasteiger partial charge is 0.352 e. The average Bonchev–Trinajstić information content (AvgIpc) is 2.92. The Morgan fingerprint density at radius 2 is 2.15 bits per heavy atom. The number of carbonyl (C=O) groups excluding carboxylic acids is 2. The minimum atomic E-state index is -0.526. The number of carbonyl (C=O) groups is 2. The summed E-state index contributed by atoms with van der Waals surface area (Å²) in [5.74, 6) is -0.214. The fourth-order valence-electron chi connectivity index (χ4n) is 2.82. The van der Waals surface area contributed by atoms with Crippen LogP contribution in [0.25, 0.3) is 0 Å². The van der Waals surface area contributed by atoms with Crippen molar-refractivity contribution in [2.45, 2.75) is 33.2 Å². The van der Waals surface area contributed by atoms with Crippen molar-refractivity contribution < 1.29 is 9.59 Å². The molecule has 8 heteroatoms. The lowest BCUT2D eigenvalue weighted by molar-refractivity contribution is -0.117. The summed E-state index contributed by atoms with van der Waals surface area (Å²) >= 11 is 1.65. The van der Waals surface area contributed by atoms with Gasteiger partial charge in [-0.2, -0.15) is 0 Å². The fourth-order valence-corrected chi connectivity index (χ4v) is 3.75. The van der Waals surface area contributed by atoms with Crippen LogP contribution in [-0.2, 0) is 11.2 Å². The van der Waals surface area contributed by atoms with Gasteiger partial charge in [-0.15, -0.1) is 11.3 Å². The Hall–Kier alpha value is -2.74. The van der Waals surface area contributed by atoms with Gasteiger partial charge < -0.3 is 16.0 Å². The zero-order chi connectivity index (χ0) is 18.7. The number of nitrogens with zero attached hydrogens (tertiary/aromatic N) is 2. The topological polar surface area (TPSA) is 96.0 Å². The summed E-state index contributed by atoms with van der Waals surface area (Å²) in [7, 11) is 0. The molecular weight excluding hydrogens is 350 g/mol. The van der Waals surface area contributed by atoms with E-state index in [-0.39, 0.29) is 11.9 Å². The van der Waals surface area contributed by atoms with Crippen molar-refractivity contribution in [3.8, 4) is 0 Å². The zero-order valence-electron chi connectivity index (χ0n) is 14.9. The number of nitrogens with one attached hydrogen (secondary N) is 3. The molecule has 2 aromatic rings. The molecule has 0 fully saturated rings. The first-order valence-corrected chi connectivity index (χ1v) is 9.16. The lowest BCUT2D eigenvalue weighted by Gasteiger charge is -2.28. The van der Waals surface area contributed by atoms with E-state index in [1.807, 2.05) is 19.9 Å². The van der Waals surface area contributed by atoms with Gasteiger partial charge in [0.2, 0.25) is 0 Å². The molecule has 3 N–H and O–H groups in total.